The van der Waals surface area contributed by atoms with Gasteiger partial charge < -0.3 is 25.7 Å². The van der Waals surface area contributed by atoms with Gasteiger partial charge in [-0.25, -0.2) is 0 Å². The first-order valence-corrected chi connectivity index (χ1v) is 8.56. The van der Waals surface area contributed by atoms with E-state index in [1.165, 1.54) is 0 Å². The van der Waals surface area contributed by atoms with Crippen LogP contribution < -0.4 is 25.7 Å². The lowest BCUT2D eigenvalue weighted by molar-refractivity contribution is 0.396. The van der Waals surface area contributed by atoms with Gasteiger partial charge >= 0.3 is 0 Å². The molecule has 1 aliphatic heterocycles. The Bertz CT molecular complexity index is 1120. The van der Waals surface area contributed by atoms with E-state index in [-0.39, 0.29) is 28.9 Å². The molecule has 140 valence electrons. The molecule has 1 atom stereocenters. The van der Waals surface area contributed by atoms with Crippen LogP contribution in [0.2, 0.25) is 0 Å². The second kappa shape index (κ2) is 6.67. The number of nitrogen functional groups attached to an aromatic ring is 2. The summed E-state index contributed by atoms with van der Waals surface area (Å²) in [6, 6.07) is 15.2. The Balaban J connectivity index is 2.06. The minimum atomic E-state index is -0.346. The molecule has 0 aliphatic carbocycles. The summed E-state index contributed by atoms with van der Waals surface area (Å²) >= 11 is 0. The molecule has 1 unspecified atom stereocenters. The second-order valence-electron chi connectivity index (χ2n) is 6.30. The number of nitrogens with two attached hydrogens (primary N) is 2. The molecule has 0 saturated carbocycles. The van der Waals surface area contributed by atoms with Crippen LogP contribution in [0.4, 0.5) is 11.5 Å². The fourth-order valence-electron chi connectivity index (χ4n) is 3.54. The highest BCUT2D eigenvalue weighted by Gasteiger charge is 2.35. The highest BCUT2D eigenvalue weighted by Crippen LogP contribution is 2.52. The first kappa shape index (κ1) is 17.5. The fraction of sp³-hybridized carbons (Fsp3) is 0.143. The van der Waals surface area contributed by atoms with Gasteiger partial charge in [0.1, 0.15) is 34.7 Å². The number of hydrogen-bond donors (Lipinski definition) is 2. The van der Waals surface area contributed by atoms with Crippen LogP contribution in [0.3, 0.4) is 0 Å². The molecule has 7 heteroatoms. The first-order valence-electron chi connectivity index (χ1n) is 8.56. The summed E-state index contributed by atoms with van der Waals surface area (Å²) in [5.74, 6) is 1.88. The molecule has 1 aliphatic rings. The molecule has 4 rings (SSSR count). The standard InChI is InChI=1S/C21H18N4O3/c1-26-11-7-8-13-16(9-11)28-21-18(19(23)14(10-22)20(24)25-21)17(13)12-5-3-4-6-15(12)27-2/h3-9,17H,1-2H3,(H4,23,24,25). The summed E-state index contributed by atoms with van der Waals surface area (Å²) < 4.78 is 16.9. The lowest BCUT2D eigenvalue weighted by Gasteiger charge is -2.30. The second-order valence-corrected chi connectivity index (χ2v) is 6.30. The molecule has 0 spiro atoms. The van der Waals surface area contributed by atoms with Gasteiger partial charge in [-0.05, 0) is 12.1 Å². The van der Waals surface area contributed by atoms with Gasteiger partial charge in [-0.1, -0.05) is 24.3 Å². The van der Waals surface area contributed by atoms with Gasteiger partial charge in [-0.15, -0.1) is 0 Å². The van der Waals surface area contributed by atoms with E-state index in [1.807, 2.05) is 42.5 Å². The van der Waals surface area contributed by atoms with E-state index in [2.05, 4.69) is 4.98 Å². The van der Waals surface area contributed by atoms with E-state index in [0.29, 0.717) is 22.8 Å². The number of pyridine rings is 1. The summed E-state index contributed by atoms with van der Waals surface area (Å²) in [6.07, 6.45) is 0. The minimum absolute atomic E-state index is 0.0314. The van der Waals surface area contributed by atoms with E-state index in [0.717, 1.165) is 11.1 Å². The fourth-order valence-corrected chi connectivity index (χ4v) is 3.54. The van der Waals surface area contributed by atoms with Crippen molar-refractivity contribution in [3.63, 3.8) is 0 Å². The van der Waals surface area contributed by atoms with Crippen molar-refractivity contribution in [2.45, 2.75) is 5.92 Å². The number of fused-ring (bicyclic) bond motifs is 2. The Morgan fingerprint density at radius 1 is 1.07 bits per heavy atom. The molecule has 4 N–H and O–H groups in total. The minimum Gasteiger partial charge on any atom is -0.497 e. The Hall–Kier alpha value is -3.92. The van der Waals surface area contributed by atoms with Crippen molar-refractivity contribution in [2.75, 3.05) is 25.7 Å². The van der Waals surface area contributed by atoms with Crippen molar-refractivity contribution >= 4 is 11.5 Å². The molecule has 1 aromatic heterocycles. The summed E-state index contributed by atoms with van der Waals surface area (Å²) in [5, 5.41) is 9.49. The summed E-state index contributed by atoms with van der Waals surface area (Å²) in [7, 11) is 3.20. The molecule has 0 bridgehead atoms. The van der Waals surface area contributed by atoms with Gasteiger partial charge in [-0.2, -0.15) is 10.2 Å². The molecule has 7 nitrogen and oxygen atoms in total. The number of methoxy groups -OCH3 is 2. The molecule has 0 saturated heterocycles. The van der Waals surface area contributed by atoms with E-state index < -0.39 is 0 Å². The lowest BCUT2D eigenvalue weighted by atomic mass is 9.81. The van der Waals surface area contributed by atoms with Crippen LogP contribution in [0.5, 0.6) is 23.1 Å². The van der Waals surface area contributed by atoms with Gasteiger partial charge in [0, 0.05) is 23.1 Å². The molecule has 2 aromatic carbocycles. The number of benzene rings is 2. The molecule has 3 aromatic rings. The molecule has 2 heterocycles. The van der Waals surface area contributed by atoms with Crippen molar-refractivity contribution in [1.82, 2.24) is 4.98 Å². The van der Waals surface area contributed by atoms with Crippen molar-refractivity contribution in [3.8, 4) is 29.2 Å². The van der Waals surface area contributed by atoms with E-state index >= 15 is 0 Å². The lowest BCUT2D eigenvalue weighted by Crippen LogP contribution is -2.17. The molecule has 0 radical (unpaired) electrons. The van der Waals surface area contributed by atoms with Crippen LogP contribution in [0.1, 0.15) is 28.2 Å². The maximum atomic E-state index is 9.49. The number of para-hydroxylation sites is 1. The third-order valence-electron chi connectivity index (χ3n) is 4.86. The topological polar surface area (TPSA) is 116 Å². The summed E-state index contributed by atoms with van der Waals surface area (Å²) in [6.45, 7) is 0. The third kappa shape index (κ3) is 2.55. The van der Waals surface area contributed by atoms with Crippen molar-refractivity contribution in [1.29, 1.82) is 5.26 Å². The number of aromatic nitrogens is 1. The Morgan fingerprint density at radius 2 is 1.86 bits per heavy atom. The van der Waals surface area contributed by atoms with Crippen LogP contribution >= 0.6 is 0 Å². The van der Waals surface area contributed by atoms with Crippen LogP contribution in [0, 0.1) is 11.3 Å². The molecular formula is C21H18N4O3. The van der Waals surface area contributed by atoms with Crippen LogP contribution in [-0.2, 0) is 0 Å². The van der Waals surface area contributed by atoms with Gasteiger partial charge in [0.25, 0.3) is 0 Å². The molecule has 0 amide bonds. The van der Waals surface area contributed by atoms with E-state index in [1.54, 1.807) is 20.3 Å². The highest BCUT2D eigenvalue weighted by atomic mass is 16.5. The van der Waals surface area contributed by atoms with Crippen LogP contribution in [0.15, 0.2) is 42.5 Å². The predicted octanol–water partition coefficient (Wildman–Crippen LogP) is 3.42. The first-order chi connectivity index (χ1) is 13.6. The highest BCUT2D eigenvalue weighted by molar-refractivity contribution is 5.76. The maximum Gasteiger partial charge on any atom is 0.227 e. The van der Waals surface area contributed by atoms with Gasteiger partial charge in [0.2, 0.25) is 5.88 Å². The number of anilines is 2. The Morgan fingerprint density at radius 3 is 2.57 bits per heavy atom. The monoisotopic (exact) mass is 374 g/mol. The average Bonchev–Trinajstić information content (AvgIpc) is 2.72. The zero-order valence-electron chi connectivity index (χ0n) is 15.4. The number of nitriles is 1. The Kier molecular flexibility index (Phi) is 4.17. The Labute approximate surface area is 162 Å². The number of hydrogen-bond acceptors (Lipinski definition) is 7. The largest absolute Gasteiger partial charge is 0.497 e. The smallest absolute Gasteiger partial charge is 0.227 e. The summed E-state index contributed by atoms with van der Waals surface area (Å²) in [5.41, 5.74) is 15.0. The van der Waals surface area contributed by atoms with E-state index in [9.17, 15) is 5.26 Å². The SMILES string of the molecule is COc1ccc2c(c1)Oc1nc(N)c(C#N)c(N)c1C2c1ccccc1OC. The predicted molar refractivity (Wildman–Crippen MR) is 105 cm³/mol. The van der Waals surface area contributed by atoms with Crippen molar-refractivity contribution in [3.05, 3.63) is 64.7 Å². The summed E-state index contributed by atoms with van der Waals surface area (Å²) in [4.78, 5) is 4.30. The van der Waals surface area contributed by atoms with Gasteiger partial charge in [-0.3, -0.25) is 0 Å². The molecule has 28 heavy (non-hydrogen) atoms. The van der Waals surface area contributed by atoms with Gasteiger partial charge in [0.15, 0.2) is 0 Å². The van der Waals surface area contributed by atoms with Crippen LogP contribution in [0.25, 0.3) is 0 Å². The number of ether oxygens (including phenoxy) is 3. The van der Waals surface area contributed by atoms with Crippen molar-refractivity contribution < 1.29 is 14.2 Å². The number of rotatable bonds is 3. The maximum absolute atomic E-state index is 9.49. The zero-order valence-corrected chi connectivity index (χ0v) is 15.4. The van der Waals surface area contributed by atoms with E-state index in [4.69, 9.17) is 25.7 Å². The normalized spacial score (nSPS) is 14.2. The van der Waals surface area contributed by atoms with Crippen LogP contribution in [-0.4, -0.2) is 19.2 Å². The van der Waals surface area contributed by atoms with Gasteiger partial charge in [0.05, 0.1) is 25.5 Å². The quantitative estimate of drug-likeness (QED) is 0.564. The average molecular weight is 374 g/mol. The number of nitrogens with zero attached hydrogens (tertiary/aromatic N) is 2. The zero-order chi connectivity index (χ0) is 19.8. The third-order valence-corrected chi connectivity index (χ3v) is 4.86. The molecular weight excluding hydrogens is 356 g/mol. The molecule has 0 fully saturated rings. The van der Waals surface area contributed by atoms with Crippen molar-refractivity contribution in [2.24, 2.45) is 0 Å².